The molecule has 1 aromatic heterocycles. The lowest BCUT2D eigenvalue weighted by Gasteiger charge is -2.11. The first-order valence-electron chi connectivity index (χ1n) is 6.33. The van der Waals surface area contributed by atoms with Crippen LogP contribution < -0.4 is 10.2 Å². The van der Waals surface area contributed by atoms with Crippen LogP contribution in [0.2, 0.25) is 5.02 Å². The lowest BCUT2D eigenvalue weighted by atomic mass is 10.2. The van der Waals surface area contributed by atoms with E-state index in [2.05, 4.69) is 9.69 Å². The average molecular weight is 318 g/mol. The molecular formula is C15H12ClN3OS. The molecule has 6 heteroatoms. The van der Waals surface area contributed by atoms with Crippen molar-refractivity contribution >= 4 is 34.8 Å². The van der Waals surface area contributed by atoms with E-state index < -0.39 is 0 Å². The van der Waals surface area contributed by atoms with Crippen molar-refractivity contribution < 1.29 is 0 Å². The fourth-order valence-corrected chi connectivity index (χ4v) is 2.78. The maximum absolute atomic E-state index is 12.1. The Hall–Kier alpha value is -2.11. The third kappa shape index (κ3) is 2.70. The molecule has 4 nitrogen and oxygen atoms in total. The summed E-state index contributed by atoms with van der Waals surface area (Å²) < 4.78 is 5.75. The van der Waals surface area contributed by atoms with E-state index in [1.54, 1.807) is 10.6 Å². The van der Waals surface area contributed by atoms with Crippen molar-refractivity contribution in [2.24, 2.45) is 0 Å². The van der Waals surface area contributed by atoms with Crippen LogP contribution >= 0.6 is 23.1 Å². The number of nitrogens with zero attached hydrogens (tertiary/aromatic N) is 2. The number of hydrogen-bond acceptors (Lipinski definition) is 4. The topological polar surface area (TPSA) is 46.9 Å². The third-order valence-electron chi connectivity index (χ3n) is 3.08. The smallest absolute Gasteiger partial charge is 0.323 e. The molecule has 0 saturated heterocycles. The zero-order chi connectivity index (χ0) is 14.8. The van der Waals surface area contributed by atoms with E-state index in [0.29, 0.717) is 16.7 Å². The molecule has 0 bridgehead atoms. The minimum absolute atomic E-state index is 0.140. The van der Waals surface area contributed by atoms with Gasteiger partial charge in [-0.2, -0.15) is 4.37 Å². The molecule has 3 rings (SSSR count). The summed E-state index contributed by atoms with van der Waals surface area (Å²) in [6, 6.07) is 15.0. The maximum Gasteiger partial charge on any atom is 0.332 e. The largest absolute Gasteiger partial charge is 0.332 e. The van der Waals surface area contributed by atoms with Gasteiger partial charge in [-0.05, 0) is 30.7 Å². The van der Waals surface area contributed by atoms with E-state index in [9.17, 15) is 4.79 Å². The summed E-state index contributed by atoms with van der Waals surface area (Å²) in [7, 11) is 0. The van der Waals surface area contributed by atoms with Gasteiger partial charge in [0, 0.05) is 11.5 Å². The quantitative estimate of drug-likeness (QED) is 0.794. The summed E-state index contributed by atoms with van der Waals surface area (Å²) in [5, 5.41) is 3.70. The fraction of sp³-hybridized carbons (Fsp3) is 0.0667. The molecule has 0 fully saturated rings. The predicted octanol–water partition coefficient (Wildman–Crippen LogP) is 4.00. The number of halogens is 1. The lowest BCUT2D eigenvalue weighted by molar-refractivity contribution is 1.01. The summed E-state index contributed by atoms with van der Waals surface area (Å²) in [6.07, 6.45) is 0. The maximum atomic E-state index is 12.1. The van der Waals surface area contributed by atoms with Crippen molar-refractivity contribution in [3.8, 4) is 5.69 Å². The Morgan fingerprint density at radius 3 is 2.62 bits per heavy atom. The van der Waals surface area contributed by atoms with Gasteiger partial charge in [0.15, 0.2) is 0 Å². The number of aromatic nitrogens is 2. The van der Waals surface area contributed by atoms with Crippen molar-refractivity contribution in [1.82, 2.24) is 8.94 Å². The van der Waals surface area contributed by atoms with Gasteiger partial charge in [0.25, 0.3) is 0 Å². The second-order valence-corrected chi connectivity index (χ2v) is 5.62. The number of aryl methyl sites for hydroxylation is 1. The first kappa shape index (κ1) is 13.9. The molecule has 0 radical (unpaired) electrons. The van der Waals surface area contributed by atoms with Crippen LogP contribution in [0.1, 0.15) is 5.56 Å². The highest BCUT2D eigenvalue weighted by Crippen LogP contribution is 2.25. The van der Waals surface area contributed by atoms with Crippen LogP contribution in [0.25, 0.3) is 5.69 Å². The summed E-state index contributed by atoms with van der Waals surface area (Å²) in [6.45, 7) is 1.96. The highest BCUT2D eigenvalue weighted by atomic mass is 35.5. The standard InChI is InChI=1S/C15H12ClN3OS/c1-10-6-2-5-9-13(10)19-14(18-21-15(19)20)17-12-8-4-3-7-11(12)16/h2-9H,1H3,(H,17,18). The first-order chi connectivity index (χ1) is 10.2. The Labute approximate surface area is 130 Å². The molecule has 0 spiro atoms. The van der Waals surface area contributed by atoms with E-state index in [1.165, 1.54) is 0 Å². The predicted molar refractivity (Wildman–Crippen MR) is 87.2 cm³/mol. The molecule has 106 valence electrons. The van der Waals surface area contributed by atoms with Gasteiger partial charge in [-0.1, -0.05) is 41.9 Å². The summed E-state index contributed by atoms with van der Waals surface area (Å²) >= 11 is 7.05. The molecule has 3 aromatic rings. The molecule has 0 unspecified atom stereocenters. The Morgan fingerprint density at radius 1 is 1.14 bits per heavy atom. The van der Waals surface area contributed by atoms with E-state index in [-0.39, 0.29) is 4.87 Å². The van der Waals surface area contributed by atoms with Gasteiger partial charge in [0.2, 0.25) is 5.95 Å². The summed E-state index contributed by atoms with van der Waals surface area (Å²) in [4.78, 5) is 12.0. The van der Waals surface area contributed by atoms with Crippen LogP contribution in [-0.2, 0) is 0 Å². The second kappa shape index (κ2) is 5.71. The number of anilines is 2. The highest BCUT2D eigenvalue weighted by Gasteiger charge is 2.13. The lowest BCUT2D eigenvalue weighted by Crippen LogP contribution is -2.14. The number of rotatable bonds is 3. The van der Waals surface area contributed by atoms with Gasteiger partial charge in [0.1, 0.15) is 0 Å². The third-order valence-corrected chi connectivity index (χ3v) is 4.01. The second-order valence-electron chi connectivity index (χ2n) is 4.50. The fourth-order valence-electron chi connectivity index (χ4n) is 2.04. The van der Waals surface area contributed by atoms with Crippen LogP contribution in [0.3, 0.4) is 0 Å². The molecule has 0 aliphatic heterocycles. The molecule has 0 aliphatic carbocycles. The van der Waals surface area contributed by atoms with Gasteiger partial charge in [-0.3, -0.25) is 4.79 Å². The van der Waals surface area contributed by atoms with Crippen LogP contribution in [-0.4, -0.2) is 8.94 Å². The minimum atomic E-state index is -0.140. The molecule has 1 N–H and O–H groups in total. The van der Waals surface area contributed by atoms with E-state index in [0.717, 1.165) is 22.8 Å². The molecular weight excluding hydrogens is 306 g/mol. The highest BCUT2D eigenvalue weighted by molar-refractivity contribution is 7.03. The Morgan fingerprint density at radius 2 is 1.86 bits per heavy atom. The number of nitrogens with one attached hydrogen (secondary N) is 1. The van der Waals surface area contributed by atoms with Crippen LogP contribution in [0.5, 0.6) is 0 Å². The van der Waals surface area contributed by atoms with Gasteiger partial charge < -0.3 is 5.32 Å². The van der Waals surface area contributed by atoms with Gasteiger partial charge in [0.05, 0.1) is 16.4 Å². The number of hydrogen-bond donors (Lipinski definition) is 1. The monoisotopic (exact) mass is 317 g/mol. The minimum Gasteiger partial charge on any atom is -0.323 e. The normalized spacial score (nSPS) is 10.6. The molecule has 0 saturated carbocycles. The van der Waals surface area contributed by atoms with Gasteiger partial charge in [-0.25, -0.2) is 4.57 Å². The van der Waals surface area contributed by atoms with Crippen molar-refractivity contribution in [3.05, 3.63) is 68.8 Å². The van der Waals surface area contributed by atoms with E-state index in [1.807, 2.05) is 49.4 Å². The van der Waals surface area contributed by atoms with Gasteiger partial charge in [-0.15, -0.1) is 0 Å². The van der Waals surface area contributed by atoms with Crippen molar-refractivity contribution in [1.29, 1.82) is 0 Å². The van der Waals surface area contributed by atoms with E-state index >= 15 is 0 Å². The molecule has 2 aromatic carbocycles. The zero-order valence-corrected chi connectivity index (χ0v) is 12.8. The molecule has 1 heterocycles. The van der Waals surface area contributed by atoms with Crippen molar-refractivity contribution in [3.63, 3.8) is 0 Å². The molecule has 0 aliphatic rings. The zero-order valence-electron chi connectivity index (χ0n) is 11.2. The molecule has 0 atom stereocenters. The number of benzene rings is 2. The average Bonchev–Trinajstić information content (AvgIpc) is 2.83. The molecule has 0 amide bonds. The SMILES string of the molecule is Cc1ccccc1-n1c(Nc2ccccc2Cl)nsc1=O. The van der Waals surface area contributed by atoms with Crippen LogP contribution in [0.15, 0.2) is 53.3 Å². The van der Waals surface area contributed by atoms with Gasteiger partial charge >= 0.3 is 4.87 Å². The summed E-state index contributed by atoms with van der Waals surface area (Å²) in [5.41, 5.74) is 2.53. The Balaban J connectivity index is 2.09. The Bertz CT molecular complexity index is 841. The van der Waals surface area contributed by atoms with Crippen LogP contribution in [0, 0.1) is 6.92 Å². The Kier molecular flexibility index (Phi) is 3.77. The molecule has 21 heavy (non-hydrogen) atoms. The summed E-state index contributed by atoms with van der Waals surface area (Å²) in [5.74, 6) is 0.465. The number of para-hydroxylation sites is 2. The van der Waals surface area contributed by atoms with E-state index in [4.69, 9.17) is 11.6 Å². The van der Waals surface area contributed by atoms with Crippen molar-refractivity contribution in [2.75, 3.05) is 5.32 Å². The van der Waals surface area contributed by atoms with Crippen LogP contribution in [0.4, 0.5) is 11.6 Å². The van der Waals surface area contributed by atoms with Crippen molar-refractivity contribution in [2.45, 2.75) is 6.92 Å². The first-order valence-corrected chi connectivity index (χ1v) is 7.48.